The normalized spacial score (nSPS) is 18.8. The summed E-state index contributed by atoms with van der Waals surface area (Å²) >= 11 is 6.49. The van der Waals surface area contributed by atoms with Crippen molar-refractivity contribution in [3.8, 4) is 0 Å². The van der Waals surface area contributed by atoms with Gasteiger partial charge in [-0.05, 0) is 36.0 Å². The van der Waals surface area contributed by atoms with Crippen LogP contribution in [0.1, 0.15) is 0 Å². The predicted octanol–water partition coefficient (Wildman–Crippen LogP) is 1.86. The monoisotopic (exact) mass is 300 g/mol. The number of carboxylic acid groups (broad SMARTS) is 1. The van der Waals surface area contributed by atoms with E-state index < -0.39 is 29.0 Å². The number of benzene rings is 1. The highest BCUT2D eigenvalue weighted by atomic mass is 35.5. The minimum atomic E-state index is -1.23. The molecule has 1 heterocycles. The molecule has 100 valence electrons. The highest BCUT2D eigenvalue weighted by molar-refractivity contribution is 8.15. The number of carbonyl (C=O) groups excluding carboxylic acids is 2. The summed E-state index contributed by atoms with van der Waals surface area (Å²) in [6, 6.07) is 6.62. The Morgan fingerprint density at radius 1 is 1.37 bits per heavy atom. The van der Waals surface area contributed by atoms with E-state index >= 15 is 0 Å². The van der Waals surface area contributed by atoms with Crippen LogP contribution in [0.5, 0.6) is 0 Å². The lowest BCUT2D eigenvalue weighted by Gasteiger charge is -2.12. The quantitative estimate of drug-likeness (QED) is 0.882. The molecule has 2 N–H and O–H groups in total. The Morgan fingerprint density at radius 3 is 2.58 bits per heavy atom. The van der Waals surface area contributed by atoms with Crippen molar-refractivity contribution in [3.05, 3.63) is 29.3 Å². The summed E-state index contributed by atoms with van der Waals surface area (Å²) in [5, 5.41) is 10.6. The molecule has 2 amide bonds. The largest absolute Gasteiger partial charge is 0.480 e. The van der Waals surface area contributed by atoms with Gasteiger partial charge in [-0.1, -0.05) is 11.6 Å². The first-order valence-corrected chi connectivity index (χ1v) is 6.49. The summed E-state index contributed by atoms with van der Waals surface area (Å²) in [6.45, 7) is -0.622. The molecule has 0 radical (unpaired) electrons. The van der Waals surface area contributed by atoms with Crippen molar-refractivity contribution in [2.45, 2.75) is 5.37 Å². The van der Waals surface area contributed by atoms with E-state index in [1.165, 1.54) is 0 Å². The molecule has 1 atom stereocenters. The number of amides is 2. The maximum absolute atomic E-state index is 11.9. The van der Waals surface area contributed by atoms with Gasteiger partial charge < -0.3 is 10.4 Å². The summed E-state index contributed by atoms with van der Waals surface area (Å²) in [5.74, 6) is -1.79. The fourth-order valence-corrected chi connectivity index (χ4v) is 2.55. The number of hydrogen-bond acceptors (Lipinski definition) is 5. The number of carbonyl (C=O) groups is 3. The van der Waals surface area contributed by atoms with E-state index in [4.69, 9.17) is 16.7 Å². The van der Waals surface area contributed by atoms with E-state index in [0.29, 0.717) is 15.6 Å². The first-order chi connectivity index (χ1) is 8.97. The Morgan fingerprint density at radius 2 is 2.00 bits per heavy atom. The highest BCUT2D eigenvalue weighted by Crippen LogP contribution is 2.28. The number of halogens is 1. The molecule has 0 saturated carbocycles. The van der Waals surface area contributed by atoms with Crippen molar-refractivity contribution < 1.29 is 19.5 Å². The lowest BCUT2D eigenvalue weighted by atomic mass is 10.3. The molecule has 1 aromatic rings. The number of anilines is 1. The number of thioether (sulfide) groups is 1. The maximum Gasteiger partial charge on any atom is 0.323 e. The molecule has 6 nitrogen and oxygen atoms in total. The van der Waals surface area contributed by atoms with Crippen molar-refractivity contribution in [3.63, 3.8) is 0 Å². The molecule has 0 aliphatic carbocycles. The van der Waals surface area contributed by atoms with Crippen LogP contribution in [-0.4, -0.2) is 39.0 Å². The van der Waals surface area contributed by atoms with Gasteiger partial charge in [0.2, 0.25) is 0 Å². The lowest BCUT2D eigenvalue weighted by molar-refractivity contribution is -0.141. The number of rotatable bonds is 4. The van der Waals surface area contributed by atoms with Crippen LogP contribution in [0.25, 0.3) is 0 Å². The maximum atomic E-state index is 11.9. The molecule has 1 saturated heterocycles. The van der Waals surface area contributed by atoms with Gasteiger partial charge in [-0.3, -0.25) is 19.3 Å². The van der Waals surface area contributed by atoms with Gasteiger partial charge in [0.05, 0.1) is 0 Å². The average Bonchev–Trinajstić information content (AvgIpc) is 2.60. The highest BCUT2D eigenvalue weighted by Gasteiger charge is 2.40. The molecule has 2 rings (SSSR count). The van der Waals surface area contributed by atoms with Crippen LogP contribution in [-0.2, 0) is 9.59 Å². The van der Waals surface area contributed by atoms with E-state index in [9.17, 15) is 14.4 Å². The molecule has 0 aromatic heterocycles. The van der Waals surface area contributed by atoms with Gasteiger partial charge >= 0.3 is 5.97 Å². The van der Waals surface area contributed by atoms with E-state index in [1.54, 1.807) is 24.3 Å². The van der Waals surface area contributed by atoms with Crippen molar-refractivity contribution in [2.24, 2.45) is 0 Å². The van der Waals surface area contributed by atoms with Crippen molar-refractivity contribution in [2.75, 3.05) is 11.9 Å². The fourth-order valence-electron chi connectivity index (χ4n) is 1.51. The van der Waals surface area contributed by atoms with E-state index in [1.807, 2.05) is 0 Å². The molecule has 8 heteroatoms. The predicted molar refractivity (Wildman–Crippen MR) is 71.2 cm³/mol. The van der Waals surface area contributed by atoms with Gasteiger partial charge in [-0.2, -0.15) is 0 Å². The third-order valence-electron chi connectivity index (χ3n) is 2.36. The number of hydrogen-bond donors (Lipinski definition) is 2. The molecule has 0 unspecified atom stereocenters. The smallest absolute Gasteiger partial charge is 0.323 e. The number of imide groups is 1. The van der Waals surface area contributed by atoms with Crippen molar-refractivity contribution >= 4 is 46.2 Å². The second-order valence-corrected chi connectivity index (χ2v) is 5.23. The van der Waals surface area contributed by atoms with Gasteiger partial charge in [0, 0.05) is 10.7 Å². The Labute approximate surface area is 117 Å². The summed E-state index contributed by atoms with van der Waals surface area (Å²) in [4.78, 5) is 34.6. The van der Waals surface area contributed by atoms with E-state index in [2.05, 4.69) is 5.32 Å². The zero-order valence-electron chi connectivity index (χ0n) is 9.50. The topological polar surface area (TPSA) is 86.7 Å². The Bertz CT molecular complexity index is 534. The van der Waals surface area contributed by atoms with Crippen LogP contribution >= 0.6 is 23.4 Å². The fraction of sp³-hybridized carbons (Fsp3) is 0.182. The standard InChI is InChI=1S/C11H9ClN2O4S/c12-6-1-3-7(4-2-6)13-9-10(17)14(5-8(15)16)11(18)19-9/h1-4,9,13H,5H2,(H,15,16)/t9-/m0/s1. The number of carboxylic acids is 1. The third kappa shape index (κ3) is 3.18. The molecule has 1 aromatic carbocycles. The van der Waals surface area contributed by atoms with Crippen LogP contribution in [0.2, 0.25) is 5.02 Å². The van der Waals surface area contributed by atoms with Gasteiger partial charge in [0.15, 0.2) is 5.37 Å². The second-order valence-electron chi connectivity index (χ2n) is 3.73. The van der Waals surface area contributed by atoms with Crippen LogP contribution in [0.4, 0.5) is 10.5 Å². The molecular formula is C11H9ClN2O4S. The third-order valence-corrected chi connectivity index (χ3v) is 3.59. The van der Waals surface area contributed by atoms with Crippen LogP contribution in [0.15, 0.2) is 24.3 Å². The molecule has 1 fully saturated rings. The van der Waals surface area contributed by atoms with Crippen LogP contribution < -0.4 is 5.32 Å². The van der Waals surface area contributed by atoms with Gasteiger partial charge in [-0.25, -0.2) is 0 Å². The SMILES string of the molecule is O=C(O)CN1C(=O)S[C@H](Nc2ccc(Cl)cc2)C1=O. The summed E-state index contributed by atoms with van der Waals surface area (Å²) in [5.41, 5.74) is 0.625. The minimum Gasteiger partial charge on any atom is -0.480 e. The summed E-state index contributed by atoms with van der Waals surface area (Å²) < 4.78 is 0. The molecular weight excluding hydrogens is 292 g/mol. The van der Waals surface area contributed by atoms with Crippen LogP contribution in [0.3, 0.4) is 0 Å². The first-order valence-electron chi connectivity index (χ1n) is 5.23. The number of nitrogens with one attached hydrogen (secondary N) is 1. The summed E-state index contributed by atoms with van der Waals surface area (Å²) in [7, 11) is 0. The lowest BCUT2D eigenvalue weighted by Crippen LogP contribution is -2.37. The van der Waals surface area contributed by atoms with Crippen LogP contribution in [0, 0.1) is 0 Å². The molecule has 1 aliphatic rings. The zero-order chi connectivity index (χ0) is 14.0. The average molecular weight is 301 g/mol. The number of nitrogens with zero attached hydrogens (tertiary/aromatic N) is 1. The van der Waals surface area contributed by atoms with Crippen molar-refractivity contribution in [1.82, 2.24) is 4.90 Å². The first kappa shape index (κ1) is 13.7. The van der Waals surface area contributed by atoms with Crippen molar-refractivity contribution in [1.29, 1.82) is 0 Å². The molecule has 0 spiro atoms. The molecule has 1 aliphatic heterocycles. The van der Waals surface area contributed by atoms with E-state index in [-0.39, 0.29) is 0 Å². The Kier molecular flexibility index (Phi) is 3.96. The Balaban J connectivity index is 2.06. The van der Waals surface area contributed by atoms with Gasteiger partial charge in [0.1, 0.15) is 6.54 Å². The van der Waals surface area contributed by atoms with Gasteiger partial charge in [-0.15, -0.1) is 0 Å². The van der Waals surface area contributed by atoms with Gasteiger partial charge in [0.25, 0.3) is 11.1 Å². The molecule has 19 heavy (non-hydrogen) atoms. The Hall–Kier alpha value is -1.73. The van der Waals surface area contributed by atoms with E-state index in [0.717, 1.165) is 11.8 Å². The minimum absolute atomic E-state index is 0.555. The summed E-state index contributed by atoms with van der Waals surface area (Å²) in [6.07, 6.45) is 0. The second kappa shape index (κ2) is 5.50. The molecule has 0 bridgehead atoms. The zero-order valence-corrected chi connectivity index (χ0v) is 11.1. The number of aliphatic carboxylic acids is 1.